The minimum absolute atomic E-state index is 0.108. The van der Waals surface area contributed by atoms with E-state index in [9.17, 15) is 4.79 Å². The first-order valence-corrected chi connectivity index (χ1v) is 13.4. The molecule has 2 aliphatic rings. The highest BCUT2D eigenvalue weighted by Gasteiger charge is 2.32. The second kappa shape index (κ2) is 7.81. The van der Waals surface area contributed by atoms with Gasteiger partial charge in [0.2, 0.25) is 5.91 Å². The number of fused-ring (bicyclic) bond motifs is 6. The van der Waals surface area contributed by atoms with E-state index in [1.54, 1.807) is 0 Å². The molecule has 33 heavy (non-hydrogen) atoms. The zero-order chi connectivity index (χ0) is 22.7. The number of hydrogen-bond acceptors (Lipinski definition) is 6. The van der Waals surface area contributed by atoms with Crippen molar-refractivity contribution in [3.8, 4) is 0 Å². The summed E-state index contributed by atoms with van der Waals surface area (Å²) in [6.45, 7) is 7.78. The van der Waals surface area contributed by atoms with Crippen LogP contribution in [0.3, 0.4) is 0 Å². The van der Waals surface area contributed by atoms with E-state index in [0.29, 0.717) is 17.1 Å². The van der Waals surface area contributed by atoms with Crippen LogP contribution in [0, 0.1) is 11.3 Å². The number of carbonyl (C=O) groups is 1. The number of carbonyl (C=O) groups excluding carboxylic acids is 1. The Hall–Kier alpha value is -2.45. The van der Waals surface area contributed by atoms with Gasteiger partial charge in [-0.3, -0.25) is 9.20 Å². The lowest BCUT2D eigenvalue weighted by molar-refractivity contribution is -0.116. The largest absolute Gasteiger partial charge is 0.311 e. The molecule has 6 nitrogen and oxygen atoms in total. The van der Waals surface area contributed by atoms with Gasteiger partial charge in [-0.25, -0.2) is 4.98 Å². The molecule has 0 N–H and O–H groups in total. The predicted octanol–water partition coefficient (Wildman–Crippen LogP) is 5.17. The summed E-state index contributed by atoms with van der Waals surface area (Å²) in [4.78, 5) is 22.1. The molecule has 0 spiro atoms. The molecular formula is C25H27N5OS2. The van der Waals surface area contributed by atoms with Crippen molar-refractivity contribution in [3.63, 3.8) is 0 Å². The lowest BCUT2D eigenvalue weighted by atomic mass is 9.72. The number of anilines is 1. The third-order valence-electron chi connectivity index (χ3n) is 7.16. The van der Waals surface area contributed by atoms with Gasteiger partial charge >= 0.3 is 0 Å². The highest BCUT2D eigenvalue weighted by Crippen LogP contribution is 2.43. The van der Waals surface area contributed by atoms with Gasteiger partial charge in [0.05, 0.1) is 11.1 Å². The molecule has 1 atom stereocenters. The topological polar surface area (TPSA) is 63.4 Å². The third kappa shape index (κ3) is 3.54. The van der Waals surface area contributed by atoms with Crippen LogP contribution in [0.15, 0.2) is 35.7 Å². The molecule has 6 rings (SSSR count). The number of nitrogens with zero attached hydrogens (tertiary/aromatic N) is 5. The molecule has 0 bridgehead atoms. The second-order valence-electron chi connectivity index (χ2n) is 10.1. The average molecular weight is 478 g/mol. The van der Waals surface area contributed by atoms with Crippen LogP contribution in [0.4, 0.5) is 5.69 Å². The van der Waals surface area contributed by atoms with Crippen LogP contribution in [-0.2, 0) is 24.1 Å². The molecule has 0 saturated carbocycles. The van der Waals surface area contributed by atoms with Crippen molar-refractivity contribution in [2.24, 2.45) is 11.3 Å². The number of rotatable bonds is 3. The lowest BCUT2D eigenvalue weighted by Crippen LogP contribution is -2.30. The first-order chi connectivity index (χ1) is 15.9. The maximum Gasteiger partial charge on any atom is 0.237 e. The minimum atomic E-state index is 0.108. The average Bonchev–Trinajstić information content (AvgIpc) is 3.50. The summed E-state index contributed by atoms with van der Waals surface area (Å²) in [5, 5.41) is 10.9. The molecular weight excluding hydrogens is 450 g/mol. The number of aromatic nitrogens is 4. The van der Waals surface area contributed by atoms with Crippen molar-refractivity contribution in [3.05, 3.63) is 46.6 Å². The van der Waals surface area contributed by atoms with Gasteiger partial charge < -0.3 is 4.90 Å². The summed E-state index contributed by atoms with van der Waals surface area (Å²) in [7, 11) is 0. The Kier molecular flexibility index (Phi) is 4.99. The summed E-state index contributed by atoms with van der Waals surface area (Å²) in [6, 6.07) is 8.15. The first-order valence-electron chi connectivity index (χ1n) is 11.5. The Labute approximate surface area is 201 Å². The number of thiophene rings is 1. The molecule has 1 aromatic carbocycles. The molecule has 1 aliphatic carbocycles. The lowest BCUT2D eigenvalue weighted by Gasteiger charge is -2.33. The van der Waals surface area contributed by atoms with E-state index in [1.165, 1.54) is 34.2 Å². The fourth-order valence-electron chi connectivity index (χ4n) is 5.19. The van der Waals surface area contributed by atoms with Gasteiger partial charge in [-0.2, -0.15) is 0 Å². The Balaban J connectivity index is 1.26. The molecule has 3 aromatic heterocycles. The van der Waals surface area contributed by atoms with Gasteiger partial charge in [-0.05, 0) is 54.2 Å². The van der Waals surface area contributed by atoms with Crippen LogP contribution < -0.4 is 4.90 Å². The van der Waals surface area contributed by atoms with Crippen LogP contribution in [0.25, 0.3) is 15.9 Å². The highest BCUT2D eigenvalue weighted by molar-refractivity contribution is 7.99. The summed E-state index contributed by atoms with van der Waals surface area (Å²) in [6.07, 6.45) is 6.12. The molecule has 1 aliphatic heterocycles. The minimum Gasteiger partial charge on any atom is -0.311 e. The molecule has 1 unspecified atom stereocenters. The number of amides is 1. The van der Waals surface area contributed by atoms with Crippen LogP contribution in [0.2, 0.25) is 0 Å². The Morgan fingerprint density at radius 3 is 2.91 bits per heavy atom. The number of thioether (sulfide) groups is 1. The van der Waals surface area contributed by atoms with Gasteiger partial charge in [-0.15, -0.1) is 21.5 Å². The Bertz CT molecular complexity index is 1380. The van der Waals surface area contributed by atoms with E-state index >= 15 is 0 Å². The fraction of sp³-hybridized carbons (Fsp3) is 0.440. The summed E-state index contributed by atoms with van der Waals surface area (Å²) < 4.78 is 1.96. The molecule has 4 heterocycles. The number of hydrogen-bond donors (Lipinski definition) is 0. The van der Waals surface area contributed by atoms with Gasteiger partial charge in [-0.1, -0.05) is 50.7 Å². The number of para-hydroxylation sites is 1. The van der Waals surface area contributed by atoms with Crippen LogP contribution >= 0.6 is 23.1 Å². The summed E-state index contributed by atoms with van der Waals surface area (Å²) in [5.41, 5.74) is 4.87. The van der Waals surface area contributed by atoms with Crippen molar-refractivity contribution in [1.82, 2.24) is 19.6 Å². The molecule has 1 amide bonds. The fourth-order valence-corrected chi connectivity index (χ4v) is 7.24. The smallest absolute Gasteiger partial charge is 0.237 e. The molecule has 4 aromatic rings. The van der Waals surface area contributed by atoms with Crippen molar-refractivity contribution < 1.29 is 4.79 Å². The van der Waals surface area contributed by atoms with Crippen molar-refractivity contribution >= 4 is 50.6 Å². The molecule has 0 saturated heterocycles. The summed E-state index contributed by atoms with van der Waals surface area (Å²) in [5.74, 6) is 1.14. The number of aryl methyl sites for hydroxylation is 1. The van der Waals surface area contributed by atoms with Gasteiger partial charge in [0, 0.05) is 17.1 Å². The highest BCUT2D eigenvalue weighted by atomic mass is 32.2. The van der Waals surface area contributed by atoms with Gasteiger partial charge in [0.25, 0.3) is 0 Å². The van der Waals surface area contributed by atoms with E-state index in [2.05, 4.69) is 37.0 Å². The van der Waals surface area contributed by atoms with Crippen LogP contribution in [0.5, 0.6) is 0 Å². The molecule has 170 valence electrons. The standard InChI is InChI=1S/C25H27N5OS2/c1-25(2,3)16-8-9-17-19(12-16)33-23-21(17)22-27-28-24(30(22)14-26-23)32-13-20(31)29-11-10-15-6-4-5-7-18(15)29/h4-7,14,16H,8-13H2,1-3H3. The third-order valence-corrected chi connectivity index (χ3v) is 9.25. The Morgan fingerprint density at radius 1 is 1.21 bits per heavy atom. The predicted molar refractivity (Wildman–Crippen MR) is 134 cm³/mol. The molecule has 0 fully saturated rings. The quantitative estimate of drug-likeness (QED) is 0.381. The van der Waals surface area contributed by atoms with E-state index in [0.717, 1.165) is 52.5 Å². The van der Waals surface area contributed by atoms with Crippen molar-refractivity contribution in [1.29, 1.82) is 0 Å². The van der Waals surface area contributed by atoms with E-state index in [4.69, 9.17) is 4.98 Å². The van der Waals surface area contributed by atoms with Crippen molar-refractivity contribution in [2.45, 2.75) is 51.6 Å². The zero-order valence-corrected chi connectivity index (χ0v) is 20.8. The van der Waals surface area contributed by atoms with Crippen molar-refractivity contribution in [2.75, 3.05) is 17.2 Å². The Morgan fingerprint density at radius 2 is 2.06 bits per heavy atom. The molecule has 8 heteroatoms. The maximum absolute atomic E-state index is 12.9. The second-order valence-corrected chi connectivity index (χ2v) is 12.1. The van der Waals surface area contributed by atoms with E-state index in [-0.39, 0.29) is 5.91 Å². The SMILES string of the molecule is CC(C)(C)C1CCc2c(sc3ncn4c(SCC(=O)N5CCc6ccccc65)nnc4c23)C1. The van der Waals surface area contributed by atoms with Crippen LogP contribution in [-0.4, -0.2) is 37.8 Å². The molecule has 0 radical (unpaired) electrons. The van der Waals surface area contributed by atoms with Gasteiger partial charge in [0.1, 0.15) is 11.2 Å². The van der Waals surface area contributed by atoms with Crippen LogP contribution in [0.1, 0.15) is 43.2 Å². The monoisotopic (exact) mass is 477 g/mol. The van der Waals surface area contributed by atoms with Gasteiger partial charge in [0.15, 0.2) is 10.8 Å². The summed E-state index contributed by atoms with van der Waals surface area (Å²) >= 11 is 3.25. The normalized spacial score (nSPS) is 18.2. The number of benzene rings is 1. The van der Waals surface area contributed by atoms with E-state index < -0.39 is 0 Å². The van der Waals surface area contributed by atoms with E-state index in [1.807, 2.05) is 45.2 Å². The maximum atomic E-state index is 12.9. The zero-order valence-electron chi connectivity index (χ0n) is 19.2. The first kappa shape index (κ1) is 21.1.